The predicted molar refractivity (Wildman–Crippen MR) is 106 cm³/mol. The number of amides is 2. The van der Waals surface area contributed by atoms with Gasteiger partial charge in [0, 0.05) is 25.7 Å². The van der Waals surface area contributed by atoms with Crippen LogP contribution in [-0.2, 0) is 19.0 Å². The predicted octanol–water partition coefficient (Wildman–Crippen LogP) is 2.14. The van der Waals surface area contributed by atoms with Gasteiger partial charge in [-0.3, -0.25) is 9.80 Å². The molecule has 166 valence electrons. The van der Waals surface area contributed by atoms with Gasteiger partial charge < -0.3 is 19.5 Å². The highest BCUT2D eigenvalue weighted by Crippen LogP contribution is 2.25. The van der Waals surface area contributed by atoms with E-state index in [2.05, 4.69) is 5.32 Å². The topological polar surface area (TPSA) is 97.4 Å². The van der Waals surface area contributed by atoms with Crippen LogP contribution in [0.2, 0.25) is 0 Å². The van der Waals surface area contributed by atoms with Gasteiger partial charge in [0.2, 0.25) is 0 Å². The van der Waals surface area contributed by atoms with Crippen molar-refractivity contribution in [2.24, 2.45) is 0 Å². The van der Waals surface area contributed by atoms with Crippen molar-refractivity contribution in [3.05, 3.63) is 0 Å². The molecule has 1 aliphatic carbocycles. The summed E-state index contributed by atoms with van der Waals surface area (Å²) in [6.45, 7) is 11.4. The normalized spacial score (nSPS) is 22.9. The number of nitrogens with zero attached hydrogens (tertiary/aromatic N) is 2. The minimum absolute atomic E-state index is 0.147. The maximum absolute atomic E-state index is 12.8. The fourth-order valence-electron chi connectivity index (χ4n) is 3.17. The smallest absolute Gasteiger partial charge is 0.411 e. The van der Waals surface area contributed by atoms with Crippen LogP contribution < -0.4 is 5.32 Å². The molecule has 1 saturated carbocycles. The summed E-state index contributed by atoms with van der Waals surface area (Å²) in [4.78, 5) is 41.2. The third kappa shape index (κ3) is 6.76. The lowest BCUT2D eigenvalue weighted by Gasteiger charge is -2.46. The average Bonchev–Trinajstić information content (AvgIpc) is 3.39. The Morgan fingerprint density at radius 1 is 0.897 bits per heavy atom. The highest BCUT2D eigenvalue weighted by molar-refractivity contribution is 5.84. The van der Waals surface area contributed by atoms with Crippen LogP contribution in [0.15, 0.2) is 0 Å². The maximum atomic E-state index is 12.8. The molecule has 0 aromatic rings. The van der Waals surface area contributed by atoms with E-state index in [1.165, 1.54) is 16.9 Å². The van der Waals surface area contributed by atoms with Gasteiger partial charge in [0.15, 0.2) is 6.04 Å². The lowest BCUT2D eigenvalue weighted by molar-refractivity contribution is -0.151. The number of esters is 1. The Kier molecular flexibility index (Phi) is 7.03. The molecule has 0 aromatic heterocycles. The zero-order valence-electron chi connectivity index (χ0n) is 18.6. The van der Waals surface area contributed by atoms with Crippen molar-refractivity contribution in [3.8, 4) is 0 Å². The molecule has 0 bridgehead atoms. The Morgan fingerprint density at radius 3 is 1.83 bits per heavy atom. The zero-order valence-corrected chi connectivity index (χ0v) is 18.6. The lowest BCUT2D eigenvalue weighted by atomic mass is 10.0. The van der Waals surface area contributed by atoms with Gasteiger partial charge in [-0.25, -0.2) is 14.4 Å². The first-order valence-corrected chi connectivity index (χ1v) is 10.1. The quantitative estimate of drug-likeness (QED) is 0.557. The molecule has 2 aliphatic rings. The SMILES string of the molecule is COC(=O)C1[C@H](CNC2CC2)N(C(=O)OC(C)(C)C)CCN1C(=O)OC(C)(C)C. The van der Waals surface area contributed by atoms with Crippen LogP contribution in [-0.4, -0.2) is 84.0 Å². The van der Waals surface area contributed by atoms with Gasteiger partial charge in [0.05, 0.1) is 13.2 Å². The van der Waals surface area contributed by atoms with Gasteiger partial charge in [-0.05, 0) is 54.4 Å². The van der Waals surface area contributed by atoms with Gasteiger partial charge in [0.25, 0.3) is 0 Å². The van der Waals surface area contributed by atoms with Crippen LogP contribution in [0, 0.1) is 0 Å². The van der Waals surface area contributed by atoms with Crippen molar-refractivity contribution >= 4 is 18.2 Å². The van der Waals surface area contributed by atoms with Gasteiger partial charge in [-0.2, -0.15) is 0 Å². The molecule has 0 radical (unpaired) electrons. The molecule has 1 N–H and O–H groups in total. The van der Waals surface area contributed by atoms with Gasteiger partial charge >= 0.3 is 18.2 Å². The van der Waals surface area contributed by atoms with E-state index < -0.39 is 41.4 Å². The van der Waals surface area contributed by atoms with E-state index in [1.54, 1.807) is 41.5 Å². The number of carbonyl (C=O) groups excluding carboxylic acids is 3. The minimum Gasteiger partial charge on any atom is -0.467 e. The number of methoxy groups -OCH3 is 1. The third-order valence-corrected chi connectivity index (χ3v) is 4.57. The molecule has 1 heterocycles. The first-order chi connectivity index (χ1) is 13.3. The molecule has 1 aliphatic heterocycles. The Hall–Kier alpha value is -2.03. The van der Waals surface area contributed by atoms with E-state index in [1.807, 2.05) is 0 Å². The number of hydrogen-bond donors (Lipinski definition) is 1. The second-order valence-corrected chi connectivity index (χ2v) is 9.57. The van der Waals surface area contributed by atoms with Crippen molar-refractivity contribution in [3.63, 3.8) is 0 Å². The molecule has 0 aromatic carbocycles. The number of rotatable bonds is 4. The molecule has 9 nitrogen and oxygen atoms in total. The van der Waals surface area contributed by atoms with Crippen LogP contribution in [0.3, 0.4) is 0 Å². The fraction of sp³-hybridized carbons (Fsp3) is 0.850. The van der Waals surface area contributed by atoms with Crippen molar-refractivity contribution in [1.82, 2.24) is 15.1 Å². The van der Waals surface area contributed by atoms with E-state index >= 15 is 0 Å². The first-order valence-electron chi connectivity index (χ1n) is 10.1. The number of nitrogens with one attached hydrogen (secondary N) is 1. The molecule has 1 unspecified atom stereocenters. The summed E-state index contributed by atoms with van der Waals surface area (Å²) in [5.74, 6) is -0.591. The van der Waals surface area contributed by atoms with Gasteiger partial charge in [-0.15, -0.1) is 0 Å². The molecule has 2 atom stereocenters. The Balaban J connectivity index is 2.30. The molecule has 1 saturated heterocycles. The largest absolute Gasteiger partial charge is 0.467 e. The standard InChI is InChI=1S/C20H35N3O6/c1-19(2,3)28-17(25)22-10-11-23(18(26)29-20(4,5)6)15(16(24)27-7)14(22)12-21-13-8-9-13/h13-15,21H,8-12H2,1-7H3/t14-,15?/m0/s1. The summed E-state index contributed by atoms with van der Waals surface area (Å²) in [7, 11) is 1.27. The Morgan fingerprint density at radius 2 is 1.38 bits per heavy atom. The minimum atomic E-state index is -0.984. The Labute approximate surface area is 173 Å². The van der Waals surface area contributed by atoms with E-state index in [4.69, 9.17) is 14.2 Å². The molecular weight excluding hydrogens is 378 g/mol. The monoisotopic (exact) mass is 413 g/mol. The first kappa shape index (κ1) is 23.3. The number of ether oxygens (including phenoxy) is 3. The highest BCUT2D eigenvalue weighted by atomic mass is 16.6. The van der Waals surface area contributed by atoms with Gasteiger partial charge in [0.1, 0.15) is 11.2 Å². The summed E-state index contributed by atoms with van der Waals surface area (Å²) < 4.78 is 16.0. The summed E-state index contributed by atoms with van der Waals surface area (Å²) >= 11 is 0. The van der Waals surface area contributed by atoms with Crippen LogP contribution in [0.1, 0.15) is 54.4 Å². The molecule has 2 fully saturated rings. The van der Waals surface area contributed by atoms with Crippen LogP contribution in [0.5, 0.6) is 0 Å². The number of hydrogen-bond acceptors (Lipinski definition) is 7. The Bertz CT molecular complexity index is 621. The van der Waals surface area contributed by atoms with Crippen LogP contribution in [0.25, 0.3) is 0 Å². The summed E-state index contributed by atoms with van der Waals surface area (Å²) in [5, 5.41) is 3.35. The van der Waals surface area contributed by atoms with E-state index in [0.29, 0.717) is 12.6 Å². The highest BCUT2D eigenvalue weighted by Gasteiger charge is 2.48. The van der Waals surface area contributed by atoms with Crippen LogP contribution in [0.4, 0.5) is 9.59 Å². The molecule has 0 spiro atoms. The second kappa shape index (κ2) is 8.77. The fourth-order valence-corrected chi connectivity index (χ4v) is 3.17. The molecule has 2 amide bonds. The maximum Gasteiger partial charge on any atom is 0.411 e. The van der Waals surface area contributed by atoms with Crippen molar-refractivity contribution in [2.45, 2.75) is 83.7 Å². The van der Waals surface area contributed by atoms with Crippen molar-refractivity contribution in [2.75, 3.05) is 26.7 Å². The number of carbonyl (C=O) groups is 3. The van der Waals surface area contributed by atoms with Crippen LogP contribution >= 0.6 is 0 Å². The van der Waals surface area contributed by atoms with E-state index in [-0.39, 0.29) is 13.1 Å². The molecule has 29 heavy (non-hydrogen) atoms. The zero-order chi connectivity index (χ0) is 22.0. The summed E-state index contributed by atoms with van der Waals surface area (Å²) in [6, 6.07) is -1.24. The molecular formula is C20H35N3O6. The third-order valence-electron chi connectivity index (χ3n) is 4.57. The summed E-state index contributed by atoms with van der Waals surface area (Å²) in [6.07, 6.45) is 0.987. The average molecular weight is 414 g/mol. The lowest BCUT2D eigenvalue weighted by Crippen LogP contribution is -2.68. The van der Waals surface area contributed by atoms with Crippen molar-refractivity contribution in [1.29, 1.82) is 0 Å². The van der Waals surface area contributed by atoms with Crippen molar-refractivity contribution < 1.29 is 28.6 Å². The second-order valence-electron chi connectivity index (χ2n) is 9.57. The van der Waals surface area contributed by atoms with E-state index in [9.17, 15) is 14.4 Å². The molecule has 2 rings (SSSR count). The molecule has 9 heteroatoms. The number of piperazine rings is 1. The summed E-state index contributed by atoms with van der Waals surface area (Å²) in [5.41, 5.74) is -1.38. The van der Waals surface area contributed by atoms with E-state index in [0.717, 1.165) is 12.8 Å². The van der Waals surface area contributed by atoms with Gasteiger partial charge in [-0.1, -0.05) is 0 Å².